The highest BCUT2D eigenvalue weighted by Gasteiger charge is 2.13. The highest BCUT2D eigenvalue weighted by atomic mass is 35.5. The van der Waals surface area contributed by atoms with Gasteiger partial charge in [-0.15, -0.1) is 0 Å². The molecule has 0 aliphatic carbocycles. The van der Waals surface area contributed by atoms with Gasteiger partial charge in [-0.1, -0.05) is 41.9 Å². The molecule has 1 aliphatic rings. The van der Waals surface area contributed by atoms with E-state index in [4.69, 9.17) is 11.6 Å². The van der Waals surface area contributed by atoms with Gasteiger partial charge in [-0.25, -0.2) is 0 Å². The van der Waals surface area contributed by atoms with Gasteiger partial charge in [0.2, 0.25) is 0 Å². The Morgan fingerprint density at radius 1 is 1.00 bits per heavy atom. The summed E-state index contributed by atoms with van der Waals surface area (Å²) in [7, 11) is 0. The van der Waals surface area contributed by atoms with Crippen LogP contribution in [0.3, 0.4) is 0 Å². The van der Waals surface area contributed by atoms with Crippen LogP contribution in [0.25, 0.3) is 11.1 Å². The second-order valence-electron chi connectivity index (χ2n) is 5.61. The Kier molecular flexibility index (Phi) is 4.09. The maximum Gasteiger partial charge on any atom is 0.0484 e. The molecule has 0 bridgehead atoms. The SMILES string of the molecule is Cc1ccccc1-c1cc(CN2CCCC2)ccc1Cl. The molecule has 1 heterocycles. The van der Waals surface area contributed by atoms with Crippen molar-refractivity contribution in [3.63, 3.8) is 0 Å². The Bertz CT molecular complexity index is 600. The van der Waals surface area contributed by atoms with Crippen molar-refractivity contribution >= 4 is 11.6 Å². The normalized spacial score (nSPS) is 15.7. The molecular formula is C18H20ClN. The van der Waals surface area contributed by atoms with Gasteiger partial charge in [0, 0.05) is 17.1 Å². The van der Waals surface area contributed by atoms with Gasteiger partial charge >= 0.3 is 0 Å². The molecule has 1 saturated heterocycles. The number of likely N-dealkylation sites (tertiary alicyclic amines) is 1. The first-order valence-electron chi connectivity index (χ1n) is 7.31. The first-order chi connectivity index (χ1) is 9.74. The number of nitrogens with zero attached hydrogens (tertiary/aromatic N) is 1. The standard InChI is InChI=1S/C18H20ClN/c1-14-6-2-3-7-16(14)17-12-15(8-9-18(17)19)13-20-10-4-5-11-20/h2-3,6-9,12H,4-5,10-11,13H2,1H3. The molecule has 0 N–H and O–H groups in total. The molecule has 104 valence electrons. The molecule has 1 fully saturated rings. The van der Waals surface area contributed by atoms with E-state index >= 15 is 0 Å². The third-order valence-corrected chi connectivity index (χ3v) is 4.40. The molecule has 0 radical (unpaired) electrons. The van der Waals surface area contributed by atoms with Crippen LogP contribution in [0, 0.1) is 6.92 Å². The summed E-state index contributed by atoms with van der Waals surface area (Å²) in [5.74, 6) is 0. The van der Waals surface area contributed by atoms with Gasteiger partial charge in [-0.2, -0.15) is 0 Å². The molecule has 0 aromatic heterocycles. The number of benzene rings is 2. The van der Waals surface area contributed by atoms with E-state index in [0.29, 0.717) is 0 Å². The fourth-order valence-electron chi connectivity index (χ4n) is 2.95. The molecule has 1 nitrogen and oxygen atoms in total. The molecular weight excluding hydrogens is 266 g/mol. The average Bonchev–Trinajstić information content (AvgIpc) is 2.95. The molecule has 20 heavy (non-hydrogen) atoms. The predicted molar refractivity (Wildman–Crippen MR) is 86.1 cm³/mol. The first-order valence-corrected chi connectivity index (χ1v) is 7.68. The van der Waals surface area contributed by atoms with Crippen molar-refractivity contribution in [3.05, 3.63) is 58.6 Å². The third-order valence-electron chi connectivity index (χ3n) is 4.07. The molecule has 3 rings (SSSR count). The molecule has 2 heteroatoms. The number of halogens is 1. The molecule has 1 aliphatic heterocycles. The Morgan fingerprint density at radius 2 is 1.75 bits per heavy atom. The van der Waals surface area contributed by atoms with E-state index in [1.165, 1.54) is 42.6 Å². The van der Waals surface area contributed by atoms with E-state index in [2.05, 4.69) is 48.2 Å². The zero-order valence-corrected chi connectivity index (χ0v) is 12.7. The van der Waals surface area contributed by atoms with E-state index in [0.717, 1.165) is 17.1 Å². The molecule has 0 atom stereocenters. The highest BCUT2D eigenvalue weighted by Crippen LogP contribution is 2.31. The van der Waals surface area contributed by atoms with Gasteiger partial charge in [0.15, 0.2) is 0 Å². The monoisotopic (exact) mass is 285 g/mol. The zero-order valence-electron chi connectivity index (χ0n) is 11.9. The fourth-order valence-corrected chi connectivity index (χ4v) is 3.17. The van der Waals surface area contributed by atoms with Gasteiger partial charge in [0.05, 0.1) is 0 Å². The second kappa shape index (κ2) is 5.99. The molecule has 2 aromatic carbocycles. The van der Waals surface area contributed by atoms with Gasteiger partial charge in [0.1, 0.15) is 0 Å². The lowest BCUT2D eigenvalue weighted by Crippen LogP contribution is -2.18. The van der Waals surface area contributed by atoms with Crippen LogP contribution < -0.4 is 0 Å². The lowest BCUT2D eigenvalue weighted by molar-refractivity contribution is 0.331. The third kappa shape index (κ3) is 2.89. The smallest absolute Gasteiger partial charge is 0.0484 e. The van der Waals surface area contributed by atoms with Crippen LogP contribution in [-0.4, -0.2) is 18.0 Å². The first kappa shape index (κ1) is 13.7. The summed E-state index contributed by atoms with van der Waals surface area (Å²) >= 11 is 6.41. The van der Waals surface area contributed by atoms with Gasteiger partial charge in [-0.05, 0) is 61.7 Å². The van der Waals surface area contributed by atoms with Crippen LogP contribution in [-0.2, 0) is 6.54 Å². The van der Waals surface area contributed by atoms with Gasteiger partial charge < -0.3 is 0 Å². The van der Waals surface area contributed by atoms with Crippen molar-refractivity contribution in [1.29, 1.82) is 0 Å². The van der Waals surface area contributed by atoms with Crippen molar-refractivity contribution in [2.75, 3.05) is 13.1 Å². The number of aryl methyl sites for hydroxylation is 1. The largest absolute Gasteiger partial charge is 0.299 e. The van der Waals surface area contributed by atoms with Gasteiger partial charge in [-0.3, -0.25) is 4.90 Å². The van der Waals surface area contributed by atoms with E-state index < -0.39 is 0 Å². The Hall–Kier alpha value is -1.31. The summed E-state index contributed by atoms with van der Waals surface area (Å²) in [6, 6.07) is 14.9. The maximum absolute atomic E-state index is 6.41. The zero-order chi connectivity index (χ0) is 13.9. The topological polar surface area (TPSA) is 3.24 Å². The minimum absolute atomic E-state index is 0.837. The minimum Gasteiger partial charge on any atom is -0.299 e. The van der Waals surface area contributed by atoms with E-state index in [-0.39, 0.29) is 0 Å². The van der Waals surface area contributed by atoms with E-state index in [1.807, 2.05) is 6.07 Å². The van der Waals surface area contributed by atoms with Crippen LogP contribution in [0.1, 0.15) is 24.0 Å². The number of hydrogen-bond donors (Lipinski definition) is 0. The fraction of sp³-hybridized carbons (Fsp3) is 0.333. The van der Waals surface area contributed by atoms with Crippen LogP contribution >= 0.6 is 11.6 Å². The minimum atomic E-state index is 0.837. The van der Waals surface area contributed by atoms with E-state index in [9.17, 15) is 0 Å². The molecule has 0 saturated carbocycles. The summed E-state index contributed by atoms with van der Waals surface area (Å²) in [4.78, 5) is 2.52. The van der Waals surface area contributed by atoms with Gasteiger partial charge in [0.25, 0.3) is 0 Å². The quantitative estimate of drug-likeness (QED) is 0.774. The summed E-state index contributed by atoms with van der Waals surface area (Å²) in [6.07, 6.45) is 2.66. The second-order valence-corrected chi connectivity index (χ2v) is 6.02. The van der Waals surface area contributed by atoms with E-state index in [1.54, 1.807) is 0 Å². The van der Waals surface area contributed by atoms with Crippen molar-refractivity contribution < 1.29 is 0 Å². The van der Waals surface area contributed by atoms with Crippen molar-refractivity contribution in [1.82, 2.24) is 4.90 Å². The van der Waals surface area contributed by atoms with Crippen LogP contribution in [0.4, 0.5) is 0 Å². The molecule has 0 unspecified atom stereocenters. The summed E-state index contributed by atoms with van der Waals surface area (Å²) in [5, 5.41) is 0.837. The molecule has 0 amide bonds. The number of hydrogen-bond acceptors (Lipinski definition) is 1. The number of rotatable bonds is 3. The van der Waals surface area contributed by atoms with Crippen LogP contribution in [0.5, 0.6) is 0 Å². The van der Waals surface area contributed by atoms with Crippen molar-refractivity contribution in [2.45, 2.75) is 26.3 Å². The summed E-state index contributed by atoms with van der Waals surface area (Å²) in [6.45, 7) is 5.62. The molecule has 2 aromatic rings. The Balaban J connectivity index is 1.92. The van der Waals surface area contributed by atoms with Crippen molar-refractivity contribution in [3.8, 4) is 11.1 Å². The summed E-state index contributed by atoms with van der Waals surface area (Å²) < 4.78 is 0. The lowest BCUT2D eigenvalue weighted by atomic mass is 9.98. The van der Waals surface area contributed by atoms with Crippen LogP contribution in [0.2, 0.25) is 5.02 Å². The van der Waals surface area contributed by atoms with Crippen molar-refractivity contribution in [2.24, 2.45) is 0 Å². The predicted octanol–water partition coefficient (Wildman–Crippen LogP) is 4.91. The average molecular weight is 286 g/mol. The summed E-state index contributed by atoms with van der Waals surface area (Å²) in [5.41, 5.74) is 5.02. The van der Waals surface area contributed by atoms with Crippen LogP contribution in [0.15, 0.2) is 42.5 Å². The molecule has 0 spiro atoms. The Labute approximate surface area is 126 Å². The maximum atomic E-state index is 6.41. The Morgan fingerprint density at radius 3 is 2.50 bits per heavy atom. The highest BCUT2D eigenvalue weighted by molar-refractivity contribution is 6.33. The lowest BCUT2D eigenvalue weighted by Gasteiger charge is -2.16.